The molecule has 0 aliphatic rings. The van der Waals surface area contributed by atoms with E-state index in [2.05, 4.69) is 41.6 Å². The lowest BCUT2D eigenvalue weighted by Gasteiger charge is -2.28. The van der Waals surface area contributed by atoms with Gasteiger partial charge in [-0.1, -0.05) is 77.5 Å². The molecule has 0 radical (unpaired) electrons. The molecule has 0 spiro atoms. The third kappa shape index (κ3) is 4.01. The molecule has 0 bridgehead atoms. The summed E-state index contributed by atoms with van der Waals surface area (Å²) in [6.07, 6.45) is 0. The maximum Gasteiger partial charge on any atom is 0.197 e. The molecule has 2 aromatic rings. The quantitative estimate of drug-likeness (QED) is 0.471. The van der Waals surface area contributed by atoms with E-state index < -0.39 is 21.6 Å². The SMILES string of the molecule is Cc1ccc(S(=O)(=O)C(C)(Br)c2ccccc2C[Si](C)(C)C)cc1. The van der Waals surface area contributed by atoms with Gasteiger partial charge in [-0.15, -0.1) is 0 Å². The van der Waals surface area contributed by atoms with E-state index in [9.17, 15) is 8.42 Å². The number of sulfone groups is 1. The first kappa shape index (κ1) is 19.4. The summed E-state index contributed by atoms with van der Waals surface area (Å²) < 4.78 is 25.3. The Morgan fingerprint density at radius 1 is 1.00 bits per heavy atom. The highest BCUT2D eigenvalue weighted by Crippen LogP contribution is 2.42. The highest BCUT2D eigenvalue weighted by Gasteiger charge is 2.41. The molecule has 2 nitrogen and oxygen atoms in total. The van der Waals surface area contributed by atoms with Gasteiger partial charge >= 0.3 is 0 Å². The predicted octanol–water partition coefficient (Wildman–Crippen LogP) is 5.46. The standard InChI is InChI=1S/C19H25BrO2SSi/c1-15-10-12-17(13-11-15)23(21,22)19(2,20)18-9-7-6-8-16(18)14-24(3,4)5/h6-13H,14H2,1-5H3. The van der Waals surface area contributed by atoms with Crippen LogP contribution in [0.3, 0.4) is 0 Å². The lowest BCUT2D eigenvalue weighted by atomic mass is 10.1. The van der Waals surface area contributed by atoms with Crippen molar-refractivity contribution in [2.75, 3.05) is 0 Å². The molecule has 0 heterocycles. The largest absolute Gasteiger partial charge is 0.222 e. The van der Waals surface area contributed by atoms with Crippen LogP contribution in [0.4, 0.5) is 0 Å². The van der Waals surface area contributed by atoms with Gasteiger partial charge in [0.15, 0.2) is 13.5 Å². The molecular formula is C19H25BrO2SSi. The third-order valence-corrected chi connectivity index (χ3v) is 9.32. The highest BCUT2D eigenvalue weighted by molar-refractivity contribution is 9.11. The van der Waals surface area contributed by atoms with Crippen molar-refractivity contribution in [1.29, 1.82) is 0 Å². The molecule has 2 aromatic carbocycles. The highest BCUT2D eigenvalue weighted by atomic mass is 79.9. The topological polar surface area (TPSA) is 34.1 Å². The average molecular weight is 425 g/mol. The van der Waals surface area contributed by atoms with Crippen LogP contribution in [-0.2, 0) is 19.5 Å². The minimum atomic E-state index is -3.55. The minimum Gasteiger partial charge on any atom is -0.222 e. The third-order valence-electron chi connectivity index (χ3n) is 4.06. The van der Waals surface area contributed by atoms with E-state index in [1.807, 2.05) is 37.3 Å². The van der Waals surface area contributed by atoms with Crippen LogP contribution in [0.5, 0.6) is 0 Å². The van der Waals surface area contributed by atoms with Crippen LogP contribution in [0.2, 0.25) is 19.6 Å². The number of hydrogen-bond donors (Lipinski definition) is 0. The van der Waals surface area contributed by atoms with Crippen molar-refractivity contribution >= 4 is 33.8 Å². The molecule has 1 atom stereocenters. The van der Waals surface area contributed by atoms with E-state index in [-0.39, 0.29) is 0 Å². The first-order valence-electron chi connectivity index (χ1n) is 8.04. The normalized spacial score (nSPS) is 15.1. The Kier molecular flexibility index (Phi) is 5.48. The van der Waals surface area contributed by atoms with Crippen LogP contribution in [0.1, 0.15) is 23.6 Å². The van der Waals surface area contributed by atoms with E-state index in [1.165, 1.54) is 0 Å². The van der Waals surface area contributed by atoms with Gasteiger partial charge in [0.25, 0.3) is 0 Å². The Hall–Kier alpha value is -0.913. The molecule has 0 amide bonds. The van der Waals surface area contributed by atoms with Crippen LogP contribution in [0.15, 0.2) is 53.4 Å². The van der Waals surface area contributed by atoms with Crippen molar-refractivity contribution in [3.8, 4) is 0 Å². The molecule has 0 saturated carbocycles. The summed E-state index contributed by atoms with van der Waals surface area (Å²) in [6, 6.07) is 15.9. The first-order chi connectivity index (χ1) is 10.9. The summed E-state index contributed by atoms with van der Waals surface area (Å²) in [6.45, 7) is 10.6. The minimum absolute atomic E-state index is 0.343. The summed E-state index contributed by atoms with van der Waals surface area (Å²) in [7, 11) is -4.92. The molecule has 0 aromatic heterocycles. The van der Waals surface area contributed by atoms with Crippen molar-refractivity contribution in [2.45, 2.75) is 48.1 Å². The van der Waals surface area contributed by atoms with E-state index in [0.717, 1.165) is 22.7 Å². The van der Waals surface area contributed by atoms with E-state index in [1.54, 1.807) is 19.1 Å². The zero-order chi connectivity index (χ0) is 18.2. The lowest BCUT2D eigenvalue weighted by Crippen LogP contribution is -2.30. The molecule has 0 aliphatic carbocycles. The number of aryl methyl sites for hydroxylation is 1. The van der Waals surface area contributed by atoms with Gasteiger partial charge in [-0.25, -0.2) is 8.42 Å². The van der Waals surface area contributed by atoms with Crippen LogP contribution >= 0.6 is 15.9 Å². The second-order valence-electron chi connectivity index (χ2n) is 7.63. The fraction of sp³-hybridized carbons (Fsp3) is 0.368. The zero-order valence-corrected chi connectivity index (χ0v) is 18.3. The maximum absolute atomic E-state index is 13.2. The number of rotatable bonds is 5. The van der Waals surface area contributed by atoms with Crippen LogP contribution in [-0.4, -0.2) is 16.5 Å². The lowest BCUT2D eigenvalue weighted by molar-refractivity contribution is 0.581. The molecule has 0 fully saturated rings. The van der Waals surface area contributed by atoms with E-state index >= 15 is 0 Å². The fourth-order valence-corrected chi connectivity index (χ4v) is 6.59. The number of hydrogen-bond acceptors (Lipinski definition) is 2. The Morgan fingerprint density at radius 3 is 2.08 bits per heavy atom. The molecule has 5 heteroatoms. The number of alkyl halides is 1. The van der Waals surface area contributed by atoms with E-state index in [0.29, 0.717) is 4.90 Å². The molecule has 0 N–H and O–H groups in total. The summed E-state index contributed by atoms with van der Waals surface area (Å²) in [5.74, 6) is 0. The van der Waals surface area contributed by atoms with E-state index in [4.69, 9.17) is 0 Å². The van der Waals surface area contributed by atoms with Crippen LogP contribution < -0.4 is 0 Å². The van der Waals surface area contributed by atoms with Crippen molar-refractivity contribution in [1.82, 2.24) is 0 Å². The van der Waals surface area contributed by atoms with Crippen molar-refractivity contribution < 1.29 is 8.42 Å². The summed E-state index contributed by atoms with van der Waals surface area (Å²) >= 11 is 3.55. The summed E-state index contributed by atoms with van der Waals surface area (Å²) in [5.41, 5.74) is 3.00. The van der Waals surface area contributed by atoms with Crippen molar-refractivity contribution in [3.63, 3.8) is 0 Å². The van der Waals surface area contributed by atoms with Gasteiger partial charge in [-0.2, -0.15) is 0 Å². The van der Waals surface area contributed by atoms with Crippen LogP contribution in [0, 0.1) is 6.92 Å². The second-order valence-corrected chi connectivity index (χ2v) is 17.5. The Bertz CT molecular complexity index is 819. The van der Waals surface area contributed by atoms with Crippen molar-refractivity contribution in [2.24, 2.45) is 0 Å². The second kappa shape index (κ2) is 6.77. The van der Waals surface area contributed by atoms with Gasteiger partial charge in [0.05, 0.1) is 4.90 Å². The van der Waals surface area contributed by atoms with Gasteiger partial charge in [0.1, 0.15) is 0 Å². The average Bonchev–Trinajstić information content (AvgIpc) is 2.46. The first-order valence-corrected chi connectivity index (χ1v) is 14.0. The molecule has 2 rings (SSSR count). The summed E-state index contributed by atoms with van der Waals surface area (Å²) in [4.78, 5) is 0.343. The van der Waals surface area contributed by atoms with Crippen LogP contribution in [0.25, 0.3) is 0 Å². The van der Waals surface area contributed by atoms with Gasteiger partial charge in [0.2, 0.25) is 0 Å². The Balaban J connectivity index is 2.56. The Morgan fingerprint density at radius 2 is 1.54 bits per heavy atom. The molecule has 0 aliphatic heterocycles. The summed E-state index contributed by atoms with van der Waals surface area (Å²) in [5, 5.41) is 0. The molecule has 130 valence electrons. The smallest absolute Gasteiger partial charge is 0.197 e. The number of halogens is 1. The van der Waals surface area contributed by atoms with Gasteiger partial charge in [-0.05, 0) is 43.2 Å². The monoisotopic (exact) mass is 424 g/mol. The number of benzene rings is 2. The van der Waals surface area contributed by atoms with Gasteiger partial charge in [0, 0.05) is 8.07 Å². The zero-order valence-electron chi connectivity index (χ0n) is 14.9. The molecular weight excluding hydrogens is 400 g/mol. The van der Waals surface area contributed by atoms with Crippen molar-refractivity contribution in [3.05, 3.63) is 65.2 Å². The van der Waals surface area contributed by atoms with Gasteiger partial charge < -0.3 is 0 Å². The molecule has 24 heavy (non-hydrogen) atoms. The maximum atomic E-state index is 13.2. The predicted molar refractivity (Wildman–Crippen MR) is 108 cm³/mol. The van der Waals surface area contributed by atoms with Gasteiger partial charge in [-0.3, -0.25) is 0 Å². The molecule has 0 saturated heterocycles. The Labute approximate surface area is 155 Å². The molecule has 1 unspecified atom stereocenters. The fourth-order valence-electron chi connectivity index (χ4n) is 2.76.